The molecule has 0 heterocycles. The van der Waals surface area contributed by atoms with Crippen molar-refractivity contribution in [1.82, 2.24) is 5.43 Å². The molecule has 0 saturated heterocycles. The fraction of sp³-hybridized carbons (Fsp3) is 0.263. The molecule has 0 unspecified atom stereocenters. The summed E-state index contributed by atoms with van der Waals surface area (Å²) in [6.45, 7) is 4.09. The first-order chi connectivity index (χ1) is 12.5. The van der Waals surface area contributed by atoms with Crippen molar-refractivity contribution in [2.24, 2.45) is 5.10 Å². The van der Waals surface area contributed by atoms with Crippen molar-refractivity contribution in [2.75, 3.05) is 26.6 Å². The lowest BCUT2D eigenvalue weighted by Crippen LogP contribution is -2.24. The van der Waals surface area contributed by atoms with E-state index in [2.05, 4.69) is 28.8 Å². The molecule has 0 aromatic heterocycles. The number of aryl methyl sites for hydroxylation is 1. The number of hydrogen-bond acceptors (Lipinski definition) is 5. The molecule has 0 aliphatic carbocycles. The van der Waals surface area contributed by atoms with Crippen molar-refractivity contribution in [3.63, 3.8) is 0 Å². The first-order valence-electron chi connectivity index (χ1n) is 7.97. The average Bonchev–Trinajstić information content (AvgIpc) is 2.64. The molecule has 0 radical (unpaired) electrons. The van der Waals surface area contributed by atoms with Gasteiger partial charge in [-0.05, 0) is 55.4 Å². The molecule has 2 rings (SSSR count). The number of hydrogen-bond donors (Lipinski definition) is 2. The van der Waals surface area contributed by atoms with Crippen LogP contribution in [0.2, 0.25) is 0 Å². The Balaban J connectivity index is 2.10. The molecule has 0 atom stereocenters. The molecular formula is C19H23N3O3S. The van der Waals surface area contributed by atoms with Gasteiger partial charge in [-0.15, -0.1) is 0 Å². The highest BCUT2D eigenvalue weighted by Crippen LogP contribution is 2.38. The summed E-state index contributed by atoms with van der Waals surface area (Å²) in [7, 11) is 4.70. The monoisotopic (exact) mass is 373 g/mol. The predicted octanol–water partition coefficient (Wildman–Crippen LogP) is 3.65. The number of anilines is 1. The molecule has 0 amide bonds. The molecule has 6 nitrogen and oxygen atoms in total. The zero-order chi connectivity index (χ0) is 19.1. The van der Waals surface area contributed by atoms with Gasteiger partial charge in [0.05, 0.1) is 27.5 Å². The molecular weight excluding hydrogens is 350 g/mol. The molecule has 2 aromatic rings. The van der Waals surface area contributed by atoms with Gasteiger partial charge in [-0.25, -0.2) is 0 Å². The zero-order valence-electron chi connectivity index (χ0n) is 15.5. The summed E-state index contributed by atoms with van der Waals surface area (Å²) in [6.07, 6.45) is 1.61. The van der Waals surface area contributed by atoms with E-state index in [0.717, 1.165) is 16.8 Å². The number of ether oxygens (including phenoxy) is 3. The molecule has 138 valence electrons. The Kier molecular flexibility index (Phi) is 6.80. The molecule has 2 aromatic carbocycles. The lowest BCUT2D eigenvalue weighted by Gasteiger charge is -2.14. The van der Waals surface area contributed by atoms with Crippen LogP contribution in [-0.4, -0.2) is 32.7 Å². The Morgan fingerprint density at radius 3 is 2.38 bits per heavy atom. The summed E-state index contributed by atoms with van der Waals surface area (Å²) < 4.78 is 16.0. The lowest BCUT2D eigenvalue weighted by atomic mass is 10.1. The second kappa shape index (κ2) is 9.05. The Labute approximate surface area is 159 Å². The van der Waals surface area contributed by atoms with E-state index < -0.39 is 0 Å². The van der Waals surface area contributed by atoms with Gasteiger partial charge in [-0.1, -0.05) is 12.1 Å². The van der Waals surface area contributed by atoms with Crippen LogP contribution in [0, 0.1) is 13.8 Å². The number of methoxy groups -OCH3 is 3. The summed E-state index contributed by atoms with van der Waals surface area (Å²) in [5.41, 5.74) is 6.81. The molecule has 2 N–H and O–H groups in total. The van der Waals surface area contributed by atoms with Crippen LogP contribution in [0.15, 0.2) is 35.4 Å². The quantitative estimate of drug-likeness (QED) is 0.458. The SMILES string of the molecule is COc1ccc(/C=N/NC(=S)Nc2cccc(C)c2C)c(OC)c1OC. The molecule has 0 aliphatic heterocycles. The van der Waals surface area contributed by atoms with Gasteiger partial charge >= 0.3 is 0 Å². The van der Waals surface area contributed by atoms with Crippen molar-refractivity contribution in [1.29, 1.82) is 0 Å². The van der Waals surface area contributed by atoms with E-state index in [1.165, 1.54) is 5.56 Å². The van der Waals surface area contributed by atoms with Gasteiger partial charge in [-0.3, -0.25) is 5.43 Å². The summed E-state index contributed by atoms with van der Waals surface area (Å²) >= 11 is 5.29. The topological polar surface area (TPSA) is 64.1 Å². The number of benzene rings is 2. The second-order valence-corrected chi connectivity index (χ2v) is 5.90. The zero-order valence-corrected chi connectivity index (χ0v) is 16.4. The standard InChI is InChI=1S/C19H23N3O3S/c1-12-7-6-8-15(13(12)2)21-19(26)22-20-11-14-9-10-16(23-3)18(25-5)17(14)24-4/h6-11H,1-5H3,(H2,21,22,26)/b20-11+. The first-order valence-corrected chi connectivity index (χ1v) is 8.37. The Morgan fingerprint density at radius 2 is 1.73 bits per heavy atom. The third-order valence-corrected chi connectivity index (χ3v) is 4.15. The summed E-state index contributed by atoms with van der Waals surface area (Å²) in [5, 5.41) is 7.71. The fourth-order valence-electron chi connectivity index (χ4n) is 2.42. The van der Waals surface area contributed by atoms with Crippen LogP contribution in [-0.2, 0) is 0 Å². The molecule has 7 heteroatoms. The highest BCUT2D eigenvalue weighted by molar-refractivity contribution is 7.80. The average molecular weight is 373 g/mol. The smallest absolute Gasteiger partial charge is 0.203 e. The van der Waals surface area contributed by atoms with Crippen LogP contribution in [0.25, 0.3) is 0 Å². The van der Waals surface area contributed by atoms with Gasteiger partial charge in [-0.2, -0.15) is 5.10 Å². The lowest BCUT2D eigenvalue weighted by molar-refractivity contribution is 0.324. The first kappa shape index (κ1) is 19.5. The molecule has 26 heavy (non-hydrogen) atoms. The summed E-state index contributed by atoms with van der Waals surface area (Å²) in [4.78, 5) is 0. The molecule has 0 spiro atoms. The van der Waals surface area contributed by atoms with Crippen molar-refractivity contribution < 1.29 is 14.2 Å². The van der Waals surface area contributed by atoms with Gasteiger partial charge < -0.3 is 19.5 Å². The van der Waals surface area contributed by atoms with Gasteiger partial charge in [0.1, 0.15) is 0 Å². The maximum absolute atomic E-state index is 5.42. The van der Waals surface area contributed by atoms with Gasteiger partial charge in [0.2, 0.25) is 5.75 Å². The van der Waals surface area contributed by atoms with E-state index in [9.17, 15) is 0 Å². The van der Waals surface area contributed by atoms with E-state index in [1.54, 1.807) is 33.6 Å². The van der Waals surface area contributed by atoms with E-state index in [1.807, 2.05) is 25.1 Å². The highest BCUT2D eigenvalue weighted by Gasteiger charge is 2.14. The number of thiocarbonyl (C=S) groups is 1. The maximum Gasteiger partial charge on any atom is 0.203 e. The van der Waals surface area contributed by atoms with Crippen molar-refractivity contribution in [3.05, 3.63) is 47.0 Å². The number of rotatable bonds is 6. The Hall–Kier alpha value is -2.80. The van der Waals surface area contributed by atoms with E-state index in [-0.39, 0.29) is 0 Å². The minimum atomic E-state index is 0.398. The van der Waals surface area contributed by atoms with Crippen molar-refractivity contribution in [2.45, 2.75) is 13.8 Å². The fourth-order valence-corrected chi connectivity index (χ4v) is 2.59. The van der Waals surface area contributed by atoms with Crippen molar-refractivity contribution in [3.8, 4) is 17.2 Å². The van der Waals surface area contributed by atoms with Crippen LogP contribution in [0.3, 0.4) is 0 Å². The van der Waals surface area contributed by atoms with Crippen LogP contribution in [0.5, 0.6) is 17.2 Å². The molecule has 0 bridgehead atoms. The molecule has 0 saturated carbocycles. The largest absolute Gasteiger partial charge is 0.493 e. The van der Waals surface area contributed by atoms with Crippen LogP contribution >= 0.6 is 12.2 Å². The highest BCUT2D eigenvalue weighted by atomic mass is 32.1. The predicted molar refractivity (Wildman–Crippen MR) is 109 cm³/mol. The van der Waals surface area contributed by atoms with E-state index in [0.29, 0.717) is 22.4 Å². The van der Waals surface area contributed by atoms with E-state index >= 15 is 0 Å². The Morgan fingerprint density at radius 1 is 1.00 bits per heavy atom. The van der Waals surface area contributed by atoms with Crippen LogP contribution in [0.1, 0.15) is 16.7 Å². The van der Waals surface area contributed by atoms with Gasteiger partial charge in [0, 0.05) is 11.3 Å². The minimum absolute atomic E-state index is 0.398. The normalized spacial score (nSPS) is 10.5. The number of hydrazone groups is 1. The maximum atomic E-state index is 5.42. The van der Waals surface area contributed by atoms with Gasteiger partial charge in [0.15, 0.2) is 16.6 Å². The third kappa shape index (κ3) is 4.43. The molecule has 0 aliphatic rings. The van der Waals surface area contributed by atoms with Crippen LogP contribution in [0.4, 0.5) is 5.69 Å². The number of nitrogens with zero attached hydrogens (tertiary/aromatic N) is 1. The van der Waals surface area contributed by atoms with E-state index in [4.69, 9.17) is 26.4 Å². The van der Waals surface area contributed by atoms with Gasteiger partial charge in [0.25, 0.3) is 0 Å². The number of nitrogens with one attached hydrogen (secondary N) is 2. The van der Waals surface area contributed by atoms with Crippen molar-refractivity contribution >= 4 is 29.2 Å². The summed E-state index contributed by atoms with van der Waals surface area (Å²) in [6, 6.07) is 9.61. The van der Waals surface area contributed by atoms with Crippen LogP contribution < -0.4 is 25.0 Å². The summed E-state index contributed by atoms with van der Waals surface area (Å²) in [5.74, 6) is 1.63. The Bertz CT molecular complexity index is 822. The molecule has 0 fully saturated rings. The second-order valence-electron chi connectivity index (χ2n) is 5.50. The third-order valence-electron chi connectivity index (χ3n) is 3.96. The minimum Gasteiger partial charge on any atom is -0.493 e.